The van der Waals surface area contributed by atoms with Crippen molar-refractivity contribution in [2.45, 2.75) is 19.4 Å². The normalized spacial score (nSPS) is 11.2. The number of nitrogens with one attached hydrogen (secondary N) is 2. The monoisotopic (exact) mass is 271 g/mol. The van der Waals surface area contributed by atoms with Crippen LogP contribution in [0.5, 0.6) is 0 Å². The first-order chi connectivity index (χ1) is 8.69. The van der Waals surface area contributed by atoms with E-state index in [2.05, 4.69) is 10.6 Å². The predicted molar refractivity (Wildman–Crippen MR) is 66.6 cm³/mol. The highest BCUT2D eigenvalue weighted by molar-refractivity contribution is 5.99. The smallest absolute Gasteiger partial charge is 0.251 e. The lowest BCUT2D eigenvalue weighted by Gasteiger charge is -2.23. The number of likely N-dealkylation sites (N-methyl/N-ethyl adjacent to an activating group) is 1. The third-order valence-electron chi connectivity index (χ3n) is 2.76. The zero-order valence-corrected chi connectivity index (χ0v) is 10.8. The number of benzene rings is 1. The molecular formula is C12H15F2N3O2. The number of amides is 2. The largest absolute Gasteiger partial charge is 0.366 e. The van der Waals surface area contributed by atoms with Gasteiger partial charge in [-0.05, 0) is 27.0 Å². The summed E-state index contributed by atoms with van der Waals surface area (Å²) in [4.78, 5) is 22.8. The molecule has 1 rings (SSSR count). The lowest BCUT2D eigenvalue weighted by molar-refractivity contribution is -0.121. The molecule has 7 heteroatoms. The van der Waals surface area contributed by atoms with Crippen molar-refractivity contribution in [3.63, 3.8) is 0 Å². The minimum atomic E-state index is -1.07. The zero-order valence-electron chi connectivity index (χ0n) is 10.8. The molecule has 1 aromatic rings. The van der Waals surface area contributed by atoms with Gasteiger partial charge in [0.1, 0.15) is 11.6 Å². The zero-order chi connectivity index (χ0) is 14.8. The van der Waals surface area contributed by atoms with E-state index in [1.165, 1.54) is 0 Å². The molecule has 0 aliphatic rings. The molecule has 0 atom stereocenters. The summed E-state index contributed by atoms with van der Waals surface area (Å²) < 4.78 is 26.8. The van der Waals surface area contributed by atoms with E-state index in [-0.39, 0.29) is 5.69 Å². The number of carbonyl (C=O) groups is 2. The van der Waals surface area contributed by atoms with Gasteiger partial charge in [0.05, 0.1) is 16.8 Å². The van der Waals surface area contributed by atoms with Crippen LogP contribution in [0.25, 0.3) is 0 Å². The Morgan fingerprint density at radius 2 is 1.79 bits per heavy atom. The van der Waals surface area contributed by atoms with Gasteiger partial charge in [0.25, 0.3) is 5.91 Å². The fourth-order valence-electron chi connectivity index (χ4n) is 1.23. The van der Waals surface area contributed by atoms with Gasteiger partial charge in [0, 0.05) is 6.07 Å². The van der Waals surface area contributed by atoms with E-state index >= 15 is 0 Å². The van der Waals surface area contributed by atoms with E-state index in [9.17, 15) is 18.4 Å². The lowest BCUT2D eigenvalue weighted by Crippen LogP contribution is -2.48. The van der Waals surface area contributed by atoms with Gasteiger partial charge in [-0.2, -0.15) is 0 Å². The average Bonchev–Trinajstić information content (AvgIpc) is 2.31. The maximum absolute atomic E-state index is 13.5. The third kappa shape index (κ3) is 3.25. The number of hydrogen-bond donors (Lipinski definition) is 3. The molecule has 0 aliphatic carbocycles. The molecule has 0 unspecified atom stereocenters. The van der Waals surface area contributed by atoms with Crippen LogP contribution in [-0.4, -0.2) is 24.4 Å². The first-order valence-corrected chi connectivity index (χ1v) is 5.48. The van der Waals surface area contributed by atoms with Crippen molar-refractivity contribution in [3.05, 3.63) is 29.3 Å². The summed E-state index contributed by atoms with van der Waals surface area (Å²) in [6, 6.07) is 1.37. The van der Waals surface area contributed by atoms with Crippen LogP contribution in [0, 0.1) is 11.6 Å². The van der Waals surface area contributed by atoms with Crippen molar-refractivity contribution in [3.8, 4) is 0 Å². The molecule has 0 radical (unpaired) electrons. The molecule has 1 aromatic carbocycles. The number of primary amides is 1. The van der Waals surface area contributed by atoms with Crippen LogP contribution in [0.15, 0.2) is 12.1 Å². The van der Waals surface area contributed by atoms with Gasteiger partial charge in [-0.25, -0.2) is 8.78 Å². The summed E-state index contributed by atoms with van der Waals surface area (Å²) >= 11 is 0. The molecule has 0 heterocycles. The minimum absolute atomic E-state index is 0.302. The van der Waals surface area contributed by atoms with E-state index in [4.69, 9.17) is 5.73 Å². The third-order valence-corrected chi connectivity index (χ3v) is 2.76. The van der Waals surface area contributed by atoms with Crippen LogP contribution in [0.1, 0.15) is 24.2 Å². The molecule has 0 aromatic heterocycles. The predicted octanol–water partition coefficient (Wildman–Crippen LogP) is 1.00. The fraction of sp³-hybridized carbons (Fsp3) is 0.333. The molecule has 0 saturated carbocycles. The number of rotatable bonds is 4. The Labute approximate surface area is 109 Å². The van der Waals surface area contributed by atoms with Gasteiger partial charge in [-0.1, -0.05) is 0 Å². The van der Waals surface area contributed by atoms with Crippen LogP contribution in [-0.2, 0) is 4.79 Å². The topological polar surface area (TPSA) is 84.2 Å². The Morgan fingerprint density at radius 3 is 2.26 bits per heavy atom. The summed E-state index contributed by atoms with van der Waals surface area (Å²) in [5.41, 5.74) is 3.21. The summed E-state index contributed by atoms with van der Waals surface area (Å²) in [6.07, 6.45) is 0. The molecule has 0 fully saturated rings. The van der Waals surface area contributed by atoms with E-state index in [1.54, 1.807) is 20.9 Å². The first kappa shape index (κ1) is 15.0. The number of hydrogen-bond acceptors (Lipinski definition) is 3. The van der Waals surface area contributed by atoms with Crippen LogP contribution in [0.3, 0.4) is 0 Å². The number of anilines is 1. The molecular weight excluding hydrogens is 256 g/mol. The number of carbonyl (C=O) groups excluding carboxylic acids is 2. The van der Waals surface area contributed by atoms with Gasteiger partial charge in [0.2, 0.25) is 5.91 Å². The van der Waals surface area contributed by atoms with Crippen molar-refractivity contribution < 1.29 is 18.4 Å². The maximum atomic E-state index is 13.5. The molecule has 2 amide bonds. The van der Waals surface area contributed by atoms with Gasteiger partial charge >= 0.3 is 0 Å². The second-order valence-electron chi connectivity index (χ2n) is 4.51. The van der Waals surface area contributed by atoms with Crippen molar-refractivity contribution in [2.24, 2.45) is 5.73 Å². The van der Waals surface area contributed by atoms with Crippen molar-refractivity contribution >= 4 is 17.5 Å². The molecule has 104 valence electrons. The molecule has 19 heavy (non-hydrogen) atoms. The molecule has 0 saturated heterocycles. The highest BCUT2D eigenvalue weighted by atomic mass is 19.1. The highest BCUT2D eigenvalue weighted by Gasteiger charge is 2.26. The highest BCUT2D eigenvalue weighted by Crippen LogP contribution is 2.20. The van der Waals surface area contributed by atoms with Crippen molar-refractivity contribution in [1.82, 2.24) is 5.32 Å². The van der Waals surface area contributed by atoms with Crippen molar-refractivity contribution in [1.29, 1.82) is 0 Å². The Hall–Kier alpha value is -2.02. The lowest BCUT2D eigenvalue weighted by atomic mass is 10.0. The SMILES string of the molecule is CNC(C)(C)C(=O)Nc1cc(C(N)=O)c(F)cc1F. The Kier molecular flexibility index (Phi) is 4.21. The van der Waals surface area contributed by atoms with Crippen LogP contribution in [0.4, 0.5) is 14.5 Å². The number of nitrogens with two attached hydrogens (primary N) is 1. The maximum Gasteiger partial charge on any atom is 0.251 e. The summed E-state index contributed by atoms with van der Waals surface area (Å²) in [7, 11) is 1.56. The Bertz CT molecular complexity index is 530. The van der Waals surface area contributed by atoms with Gasteiger partial charge < -0.3 is 16.4 Å². The van der Waals surface area contributed by atoms with E-state index in [1.807, 2.05) is 0 Å². The molecule has 0 bridgehead atoms. The first-order valence-electron chi connectivity index (χ1n) is 5.48. The van der Waals surface area contributed by atoms with Crippen LogP contribution < -0.4 is 16.4 Å². The average molecular weight is 271 g/mol. The molecule has 0 spiro atoms. The summed E-state index contributed by atoms with van der Waals surface area (Å²) in [5, 5.41) is 5.00. The fourth-order valence-corrected chi connectivity index (χ4v) is 1.23. The van der Waals surface area contributed by atoms with E-state index < -0.39 is 34.6 Å². The molecule has 0 aliphatic heterocycles. The Balaban J connectivity index is 3.12. The van der Waals surface area contributed by atoms with Crippen LogP contribution in [0.2, 0.25) is 0 Å². The molecule has 5 nitrogen and oxygen atoms in total. The Morgan fingerprint density at radius 1 is 1.21 bits per heavy atom. The van der Waals surface area contributed by atoms with Gasteiger partial charge in [-0.3, -0.25) is 9.59 Å². The summed E-state index contributed by atoms with van der Waals surface area (Å²) in [6.45, 7) is 3.16. The van der Waals surface area contributed by atoms with Gasteiger partial charge in [-0.15, -0.1) is 0 Å². The van der Waals surface area contributed by atoms with E-state index in [0.717, 1.165) is 6.07 Å². The quantitative estimate of drug-likeness (QED) is 0.763. The van der Waals surface area contributed by atoms with Crippen LogP contribution >= 0.6 is 0 Å². The van der Waals surface area contributed by atoms with Crippen molar-refractivity contribution in [2.75, 3.05) is 12.4 Å². The molecule has 4 N–H and O–H groups in total. The van der Waals surface area contributed by atoms with Gasteiger partial charge in [0.15, 0.2) is 0 Å². The second kappa shape index (κ2) is 5.31. The minimum Gasteiger partial charge on any atom is -0.366 e. The second-order valence-corrected chi connectivity index (χ2v) is 4.51. The summed E-state index contributed by atoms with van der Waals surface area (Å²) in [5.74, 6) is -3.63. The van der Waals surface area contributed by atoms with E-state index in [0.29, 0.717) is 6.07 Å². The standard InChI is InChI=1S/C12H15F2N3O2/c1-12(2,16-3)11(19)17-9-4-6(10(15)18)7(13)5-8(9)14/h4-5,16H,1-3H3,(H2,15,18)(H,17,19). The number of halogens is 2.